The zero-order chi connectivity index (χ0) is 20.6. The molecule has 2 heterocycles. The number of halogens is 3. The van der Waals surface area contributed by atoms with Crippen LogP contribution in [-0.4, -0.2) is 31.1 Å². The summed E-state index contributed by atoms with van der Waals surface area (Å²) in [6.45, 7) is 4.99. The van der Waals surface area contributed by atoms with Gasteiger partial charge in [0, 0.05) is 23.4 Å². The first-order chi connectivity index (χ1) is 13.1. The van der Waals surface area contributed by atoms with Gasteiger partial charge in [-0.2, -0.15) is 13.2 Å². The van der Waals surface area contributed by atoms with Crippen molar-refractivity contribution in [1.29, 1.82) is 0 Å². The van der Waals surface area contributed by atoms with Crippen LogP contribution in [0.5, 0.6) is 0 Å². The van der Waals surface area contributed by atoms with Gasteiger partial charge in [0.1, 0.15) is 12.4 Å². The number of nitrogens with zero attached hydrogens (tertiary/aromatic N) is 4. The third-order valence-electron chi connectivity index (χ3n) is 3.91. The third kappa shape index (κ3) is 3.90. The number of aromatic nitrogens is 4. The number of aryl methyl sites for hydroxylation is 1. The van der Waals surface area contributed by atoms with Crippen LogP contribution in [0, 0.1) is 6.92 Å². The molecule has 0 aliphatic rings. The SMILES string of the molecule is Cc1cc2nn(CC(=O)NC(C)C)c(=O)n2c(-c2ccc(C(F)(F)F)cc2)n1. The monoisotopic (exact) mass is 393 g/mol. The topological polar surface area (TPSA) is 81.3 Å². The van der Waals surface area contributed by atoms with Crippen molar-refractivity contribution in [3.8, 4) is 11.4 Å². The minimum atomic E-state index is -4.46. The minimum Gasteiger partial charge on any atom is -0.352 e. The summed E-state index contributed by atoms with van der Waals surface area (Å²) in [4.78, 5) is 29.0. The normalized spacial score (nSPS) is 12.0. The van der Waals surface area contributed by atoms with E-state index in [0.717, 1.165) is 16.8 Å². The van der Waals surface area contributed by atoms with Crippen molar-refractivity contribution < 1.29 is 18.0 Å². The molecule has 0 aliphatic carbocycles. The number of benzene rings is 1. The van der Waals surface area contributed by atoms with Crippen molar-refractivity contribution in [3.63, 3.8) is 0 Å². The molecule has 3 rings (SSSR count). The van der Waals surface area contributed by atoms with E-state index in [2.05, 4.69) is 15.4 Å². The van der Waals surface area contributed by atoms with Crippen molar-refractivity contribution >= 4 is 11.6 Å². The Labute approximate surface area is 157 Å². The zero-order valence-electron chi connectivity index (χ0n) is 15.4. The maximum atomic E-state index is 12.8. The highest BCUT2D eigenvalue weighted by atomic mass is 19.4. The quantitative estimate of drug-likeness (QED) is 0.738. The van der Waals surface area contributed by atoms with Gasteiger partial charge in [0.15, 0.2) is 5.65 Å². The second-order valence-corrected chi connectivity index (χ2v) is 6.65. The lowest BCUT2D eigenvalue weighted by atomic mass is 10.1. The number of alkyl halides is 3. The average molecular weight is 393 g/mol. The second-order valence-electron chi connectivity index (χ2n) is 6.65. The molecule has 0 bridgehead atoms. The number of rotatable bonds is 4. The molecule has 3 aromatic rings. The van der Waals surface area contributed by atoms with Crippen LogP contribution in [0.1, 0.15) is 25.1 Å². The van der Waals surface area contributed by atoms with E-state index < -0.39 is 17.4 Å². The summed E-state index contributed by atoms with van der Waals surface area (Å²) in [5.41, 5.74) is -0.282. The maximum Gasteiger partial charge on any atom is 0.416 e. The Morgan fingerprint density at radius 1 is 1.21 bits per heavy atom. The standard InChI is InChI=1S/C18H18F3N5O2/c1-10(2)22-15(27)9-25-17(28)26-14(24-25)8-11(3)23-16(26)12-4-6-13(7-5-12)18(19,20)21/h4-8,10H,9H2,1-3H3,(H,22,27). The first-order valence-corrected chi connectivity index (χ1v) is 8.50. The van der Waals surface area contributed by atoms with Crippen LogP contribution in [0.3, 0.4) is 0 Å². The summed E-state index contributed by atoms with van der Waals surface area (Å²) in [6, 6.07) is 5.82. The van der Waals surface area contributed by atoms with E-state index in [1.165, 1.54) is 16.5 Å². The number of hydrogen-bond donors (Lipinski definition) is 1. The molecule has 0 aliphatic heterocycles. The summed E-state index contributed by atoms with van der Waals surface area (Å²) in [6.07, 6.45) is -4.46. The predicted molar refractivity (Wildman–Crippen MR) is 95.7 cm³/mol. The summed E-state index contributed by atoms with van der Waals surface area (Å²) in [5.74, 6) is -0.217. The lowest BCUT2D eigenvalue weighted by Gasteiger charge is -2.08. The molecule has 1 amide bonds. The lowest BCUT2D eigenvalue weighted by molar-refractivity contribution is -0.137. The fraction of sp³-hybridized carbons (Fsp3) is 0.333. The number of fused-ring (bicyclic) bond motifs is 1. The first kappa shape index (κ1) is 19.6. The van der Waals surface area contributed by atoms with Gasteiger partial charge in [-0.3, -0.25) is 4.79 Å². The first-order valence-electron chi connectivity index (χ1n) is 8.50. The molecule has 0 radical (unpaired) electrons. The number of nitrogens with one attached hydrogen (secondary N) is 1. The van der Waals surface area contributed by atoms with E-state index >= 15 is 0 Å². The van der Waals surface area contributed by atoms with E-state index in [-0.39, 0.29) is 30.0 Å². The predicted octanol–water partition coefficient (Wildman–Crippen LogP) is 2.41. The minimum absolute atomic E-state index is 0.0909. The smallest absolute Gasteiger partial charge is 0.352 e. The molecule has 7 nitrogen and oxygen atoms in total. The third-order valence-corrected chi connectivity index (χ3v) is 3.91. The molecule has 1 aromatic carbocycles. The zero-order valence-corrected chi connectivity index (χ0v) is 15.4. The fourth-order valence-corrected chi connectivity index (χ4v) is 2.76. The Morgan fingerprint density at radius 2 is 1.86 bits per heavy atom. The Hall–Kier alpha value is -3.17. The average Bonchev–Trinajstić information content (AvgIpc) is 2.88. The van der Waals surface area contributed by atoms with Gasteiger partial charge in [-0.1, -0.05) is 12.1 Å². The maximum absolute atomic E-state index is 12.8. The summed E-state index contributed by atoms with van der Waals surface area (Å²) >= 11 is 0. The second kappa shape index (κ2) is 7.10. The molecular formula is C18H18F3N5O2. The highest BCUT2D eigenvalue weighted by molar-refractivity contribution is 5.76. The molecule has 148 valence electrons. The van der Waals surface area contributed by atoms with Crippen LogP contribution in [0.15, 0.2) is 35.1 Å². The highest BCUT2D eigenvalue weighted by Gasteiger charge is 2.30. The molecule has 0 atom stereocenters. The van der Waals surface area contributed by atoms with Gasteiger partial charge in [-0.05, 0) is 32.9 Å². The highest BCUT2D eigenvalue weighted by Crippen LogP contribution is 2.30. The van der Waals surface area contributed by atoms with Gasteiger partial charge in [-0.15, -0.1) is 5.10 Å². The van der Waals surface area contributed by atoms with Crippen LogP contribution in [0.25, 0.3) is 17.0 Å². The van der Waals surface area contributed by atoms with Crippen molar-refractivity contribution in [2.24, 2.45) is 0 Å². The van der Waals surface area contributed by atoms with Gasteiger partial charge in [0.2, 0.25) is 5.91 Å². The number of carbonyl (C=O) groups is 1. The van der Waals surface area contributed by atoms with Crippen molar-refractivity contribution in [3.05, 3.63) is 52.1 Å². The molecule has 0 fully saturated rings. The Morgan fingerprint density at radius 3 is 2.43 bits per heavy atom. The van der Waals surface area contributed by atoms with Gasteiger partial charge < -0.3 is 5.32 Å². The van der Waals surface area contributed by atoms with Crippen molar-refractivity contribution in [2.45, 2.75) is 39.5 Å². The molecule has 1 N–H and O–H groups in total. The summed E-state index contributed by atoms with van der Waals surface area (Å²) in [7, 11) is 0. The van der Waals surface area contributed by atoms with E-state index in [4.69, 9.17) is 0 Å². The fourth-order valence-electron chi connectivity index (χ4n) is 2.76. The Balaban J connectivity index is 2.08. The van der Waals surface area contributed by atoms with E-state index in [1.807, 2.05) is 0 Å². The largest absolute Gasteiger partial charge is 0.416 e. The number of amides is 1. The lowest BCUT2D eigenvalue weighted by Crippen LogP contribution is -2.36. The van der Waals surface area contributed by atoms with E-state index in [0.29, 0.717) is 11.3 Å². The Bertz CT molecular complexity index is 1080. The molecule has 0 unspecified atom stereocenters. The van der Waals surface area contributed by atoms with Crippen molar-refractivity contribution in [2.75, 3.05) is 0 Å². The van der Waals surface area contributed by atoms with E-state index in [1.54, 1.807) is 26.8 Å². The van der Waals surface area contributed by atoms with Crippen LogP contribution >= 0.6 is 0 Å². The molecule has 0 spiro atoms. The molecular weight excluding hydrogens is 375 g/mol. The van der Waals surface area contributed by atoms with Crippen LogP contribution in [0.4, 0.5) is 13.2 Å². The number of carbonyl (C=O) groups excluding carboxylic acids is 1. The van der Waals surface area contributed by atoms with Crippen LogP contribution in [-0.2, 0) is 17.5 Å². The molecule has 28 heavy (non-hydrogen) atoms. The van der Waals surface area contributed by atoms with Gasteiger partial charge in [0.25, 0.3) is 0 Å². The molecule has 10 heteroatoms. The molecule has 0 saturated heterocycles. The van der Waals surface area contributed by atoms with Gasteiger partial charge >= 0.3 is 11.9 Å². The number of hydrogen-bond acceptors (Lipinski definition) is 4. The van der Waals surface area contributed by atoms with E-state index in [9.17, 15) is 22.8 Å². The summed E-state index contributed by atoms with van der Waals surface area (Å²) < 4.78 is 40.6. The van der Waals surface area contributed by atoms with Gasteiger partial charge in [-0.25, -0.2) is 18.9 Å². The van der Waals surface area contributed by atoms with Gasteiger partial charge in [0.05, 0.1) is 5.56 Å². The molecule has 2 aromatic heterocycles. The van der Waals surface area contributed by atoms with Crippen LogP contribution in [0.2, 0.25) is 0 Å². The molecule has 0 saturated carbocycles. The van der Waals surface area contributed by atoms with Crippen molar-refractivity contribution in [1.82, 2.24) is 24.5 Å². The Kier molecular flexibility index (Phi) is 4.97. The van der Waals surface area contributed by atoms with Crippen LogP contribution < -0.4 is 11.0 Å². The summed E-state index contributed by atoms with van der Waals surface area (Å²) in [5, 5.41) is 6.82.